The lowest BCUT2D eigenvalue weighted by Gasteiger charge is -2.19. The second-order valence-corrected chi connectivity index (χ2v) is 11.5. The molecular formula is C38H35F3N2O6. The summed E-state index contributed by atoms with van der Waals surface area (Å²) in [5.41, 5.74) is 1.83. The number of aryl methyl sites for hydroxylation is 1. The van der Waals surface area contributed by atoms with Crippen molar-refractivity contribution in [3.05, 3.63) is 119 Å². The molecule has 0 radical (unpaired) electrons. The van der Waals surface area contributed by atoms with Crippen LogP contribution in [0.3, 0.4) is 0 Å². The van der Waals surface area contributed by atoms with Crippen LogP contribution in [0.25, 0.3) is 11.1 Å². The van der Waals surface area contributed by atoms with Crippen molar-refractivity contribution in [2.45, 2.75) is 45.2 Å². The van der Waals surface area contributed by atoms with Gasteiger partial charge in [-0.25, -0.2) is 4.79 Å². The van der Waals surface area contributed by atoms with Crippen molar-refractivity contribution < 1.29 is 41.8 Å². The number of ether oxygens (including phenoxy) is 2. The van der Waals surface area contributed by atoms with Crippen molar-refractivity contribution in [1.82, 2.24) is 4.90 Å². The van der Waals surface area contributed by atoms with Gasteiger partial charge in [-0.15, -0.1) is 0 Å². The average molecular weight is 673 g/mol. The number of carbonyl (C=O) groups excluding carboxylic acids is 4. The molecule has 49 heavy (non-hydrogen) atoms. The number of likely N-dealkylation sites (tertiary alicyclic amines) is 1. The topological polar surface area (TPSA) is 102 Å². The second-order valence-electron chi connectivity index (χ2n) is 11.5. The Hall–Kier alpha value is -5.45. The van der Waals surface area contributed by atoms with Crippen LogP contribution in [-0.2, 0) is 22.1 Å². The molecule has 1 heterocycles. The van der Waals surface area contributed by atoms with E-state index in [1.54, 1.807) is 66.4 Å². The highest BCUT2D eigenvalue weighted by molar-refractivity contribution is 6.12. The number of para-hydroxylation sites is 1. The molecule has 1 saturated heterocycles. The fourth-order valence-corrected chi connectivity index (χ4v) is 5.63. The van der Waals surface area contributed by atoms with Gasteiger partial charge in [0.25, 0.3) is 11.8 Å². The Morgan fingerprint density at radius 1 is 0.816 bits per heavy atom. The minimum absolute atomic E-state index is 0.0474. The Morgan fingerprint density at radius 2 is 1.49 bits per heavy atom. The van der Waals surface area contributed by atoms with Gasteiger partial charge in [0.1, 0.15) is 11.3 Å². The highest BCUT2D eigenvalue weighted by Crippen LogP contribution is 2.32. The molecule has 0 atom stereocenters. The molecule has 1 aliphatic heterocycles. The van der Waals surface area contributed by atoms with Crippen molar-refractivity contribution in [3.8, 4) is 16.9 Å². The Kier molecular flexibility index (Phi) is 11.1. The molecule has 11 heteroatoms. The highest BCUT2D eigenvalue weighted by Gasteiger charge is 2.30. The van der Waals surface area contributed by atoms with E-state index in [4.69, 9.17) is 9.47 Å². The molecule has 1 aliphatic rings. The number of alkyl halides is 3. The minimum Gasteiger partial charge on any atom is -0.462 e. The van der Waals surface area contributed by atoms with E-state index >= 15 is 0 Å². The first-order valence-electron chi connectivity index (χ1n) is 16.0. The number of hydrogen-bond acceptors (Lipinski definition) is 6. The van der Waals surface area contributed by atoms with Crippen LogP contribution in [0.4, 0.5) is 18.9 Å². The summed E-state index contributed by atoms with van der Waals surface area (Å²) >= 11 is 0. The fraction of sp³-hybridized carbons (Fsp3) is 0.263. The Bertz CT molecular complexity index is 1830. The molecule has 2 amide bonds. The number of nitrogens with one attached hydrogen (secondary N) is 1. The summed E-state index contributed by atoms with van der Waals surface area (Å²) in [6.45, 7) is 3.05. The summed E-state index contributed by atoms with van der Waals surface area (Å²) in [7, 11) is 0. The van der Waals surface area contributed by atoms with Gasteiger partial charge < -0.3 is 19.7 Å². The van der Waals surface area contributed by atoms with Crippen molar-refractivity contribution in [2.24, 2.45) is 0 Å². The van der Waals surface area contributed by atoms with Crippen molar-refractivity contribution in [2.75, 3.05) is 25.0 Å². The molecule has 4 aromatic rings. The zero-order valence-corrected chi connectivity index (χ0v) is 26.8. The Balaban J connectivity index is 1.31. The average Bonchev–Trinajstić information content (AvgIpc) is 3.64. The van der Waals surface area contributed by atoms with E-state index in [0.29, 0.717) is 48.3 Å². The van der Waals surface area contributed by atoms with Crippen LogP contribution in [0.1, 0.15) is 74.8 Å². The van der Waals surface area contributed by atoms with E-state index in [-0.39, 0.29) is 35.8 Å². The summed E-state index contributed by atoms with van der Waals surface area (Å²) in [6.07, 6.45) is -1.87. The maximum Gasteiger partial charge on any atom is 0.416 e. The van der Waals surface area contributed by atoms with Crippen molar-refractivity contribution in [3.63, 3.8) is 0 Å². The van der Waals surface area contributed by atoms with E-state index in [0.717, 1.165) is 30.5 Å². The number of hydrogen-bond donors (Lipinski definition) is 1. The van der Waals surface area contributed by atoms with Crippen LogP contribution in [0, 0.1) is 0 Å². The summed E-state index contributed by atoms with van der Waals surface area (Å²) in [6, 6.07) is 22.6. The Morgan fingerprint density at radius 3 is 2.18 bits per heavy atom. The Labute approximate surface area is 281 Å². The standard InChI is InChI=1S/C38H35F3N2O6/c1-2-48-37(47)30-13-5-6-14-33(30)49-34(44)15-9-10-25-16-21-32(31(24-25)36(46)43-22-7-8-23-43)42-35(45)29-12-4-3-11-28(29)26-17-19-27(20-18-26)38(39,40)41/h3-6,11-14,16-21,24H,2,7-10,15,22-23H2,1H3,(H,42,45). The molecule has 1 N–H and O–H groups in total. The van der Waals surface area contributed by atoms with Gasteiger partial charge in [0.05, 0.1) is 23.4 Å². The predicted octanol–water partition coefficient (Wildman–Crippen LogP) is 7.97. The molecule has 8 nitrogen and oxygen atoms in total. The molecule has 0 saturated carbocycles. The number of esters is 2. The molecule has 254 valence electrons. The number of anilines is 1. The first-order valence-corrected chi connectivity index (χ1v) is 16.0. The molecule has 0 aliphatic carbocycles. The van der Waals surface area contributed by atoms with Gasteiger partial charge >= 0.3 is 18.1 Å². The van der Waals surface area contributed by atoms with Gasteiger partial charge in [0, 0.05) is 25.1 Å². The second kappa shape index (κ2) is 15.6. The van der Waals surface area contributed by atoms with Crippen molar-refractivity contribution in [1.29, 1.82) is 0 Å². The molecule has 0 aromatic heterocycles. The van der Waals surface area contributed by atoms with E-state index in [9.17, 15) is 32.3 Å². The van der Waals surface area contributed by atoms with Crippen LogP contribution in [-0.4, -0.2) is 48.3 Å². The first-order chi connectivity index (χ1) is 23.5. The smallest absolute Gasteiger partial charge is 0.416 e. The van der Waals surface area contributed by atoms with Gasteiger partial charge in [-0.1, -0.05) is 48.5 Å². The minimum atomic E-state index is -4.49. The van der Waals surface area contributed by atoms with Gasteiger partial charge in [-0.2, -0.15) is 13.2 Å². The third-order valence-corrected chi connectivity index (χ3v) is 8.10. The number of nitrogens with zero attached hydrogens (tertiary/aromatic N) is 1. The molecule has 5 rings (SSSR count). The molecule has 4 aromatic carbocycles. The number of carbonyl (C=O) groups is 4. The SMILES string of the molecule is CCOC(=O)c1ccccc1OC(=O)CCCc1ccc(NC(=O)c2ccccc2-c2ccc(C(F)(F)F)cc2)c(C(=O)N2CCCC2)c1. The lowest BCUT2D eigenvalue weighted by atomic mass is 9.97. The van der Waals surface area contributed by atoms with Gasteiger partial charge in [0.15, 0.2) is 0 Å². The molecule has 0 spiro atoms. The third-order valence-electron chi connectivity index (χ3n) is 8.10. The van der Waals surface area contributed by atoms with Gasteiger partial charge in [-0.3, -0.25) is 14.4 Å². The summed E-state index contributed by atoms with van der Waals surface area (Å²) in [5, 5.41) is 2.85. The van der Waals surface area contributed by atoms with Gasteiger partial charge in [-0.05, 0) is 91.8 Å². The van der Waals surface area contributed by atoms with Gasteiger partial charge in [0.2, 0.25) is 0 Å². The van der Waals surface area contributed by atoms with E-state index < -0.39 is 29.6 Å². The van der Waals surface area contributed by atoms with Crippen LogP contribution in [0.5, 0.6) is 5.75 Å². The number of rotatable bonds is 11. The van der Waals surface area contributed by atoms with Crippen LogP contribution in [0.15, 0.2) is 91.0 Å². The highest BCUT2D eigenvalue weighted by atomic mass is 19.4. The van der Waals surface area contributed by atoms with Crippen molar-refractivity contribution >= 4 is 29.4 Å². The number of benzene rings is 4. The first kappa shape index (κ1) is 34.9. The summed E-state index contributed by atoms with van der Waals surface area (Å²) in [4.78, 5) is 53.8. The van der Waals surface area contributed by atoms with Crippen LogP contribution >= 0.6 is 0 Å². The molecule has 0 unspecified atom stereocenters. The fourth-order valence-electron chi connectivity index (χ4n) is 5.63. The van der Waals surface area contributed by atoms with Crippen LogP contribution in [0.2, 0.25) is 0 Å². The zero-order valence-electron chi connectivity index (χ0n) is 26.8. The predicted molar refractivity (Wildman–Crippen MR) is 177 cm³/mol. The molecule has 0 bridgehead atoms. The number of amides is 2. The lowest BCUT2D eigenvalue weighted by molar-refractivity contribution is -0.137. The normalized spacial score (nSPS) is 12.8. The largest absolute Gasteiger partial charge is 0.462 e. The maximum absolute atomic E-state index is 13.6. The van der Waals surface area contributed by atoms with E-state index in [1.807, 2.05) is 0 Å². The third kappa shape index (κ3) is 8.72. The zero-order chi connectivity index (χ0) is 35.0. The van der Waals surface area contributed by atoms with E-state index in [1.165, 1.54) is 24.3 Å². The quantitative estimate of drug-likeness (QED) is 0.128. The monoisotopic (exact) mass is 672 g/mol. The lowest BCUT2D eigenvalue weighted by Crippen LogP contribution is -2.29. The molecule has 1 fully saturated rings. The van der Waals surface area contributed by atoms with E-state index in [2.05, 4.69) is 5.32 Å². The number of halogens is 3. The molecular weight excluding hydrogens is 637 g/mol. The summed E-state index contributed by atoms with van der Waals surface area (Å²) < 4.78 is 49.9. The summed E-state index contributed by atoms with van der Waals surface area (Å²) in [5.74, 6) is -1.76. The maximum atomic E-state index is 13.6. The van der Waals surface area contributed by atoms with Crippen LogP contribution < -0.4 is 10.1 Å².